The van der Waals surface area contributed by atoms with E-state index < -0.39 is 0 Å². The van der Waals surface area contributed by atoms with Crippen LogP contribution in [0.15, 0.2) is 83.5 Å². The monoisotopic (exact) mass is 306 g/mol. The molecule has 3 rings (SSSR count). The topological polar surface area (TPSA) is 0 Å². The predicted molar refractivity (Wildman–Crippen MR) is 101 cm³/mol. The number of allylic oxidation sites excluding steroid dienone is 10. The van der Waals surface area contributed by atoms with E-state index >= 15 is 0 Å². The third-order valence-corrected chi connectivity index (χ3v) is 5.04. The molecule has 1 atom stereocenters. The first-order chi connectivity index (χ1) is 10.9. The zero-order chi connectivity index (χ0) is 15.2. The van der Waals surface area contributed by atoms with Crippen molar-refractivity contribution in [3.05, 3.63) is 89.1 Å². The van der Waals surface area contributed by atoms with Gasteiger partial charge in [-0.3, -0.25) is 0 Å². The molecule has 0 bridgehead atoms. The average Bonchev–Trinajstić information content (AvgIpc) is 2.85. The highest BCUT2D eigenvalue weighted by atomic mass is 31.1. The van der Waals surface area contributed by atoms with E-state index in [4.69, 9.17) is 0 Å². The zero-order valence-electron chi connectivity index (χ0n) is 13.2. The van der Waals surface area contributed by atoms with Crippen LogP contribution in [0, 0.1) is 0 Å². The molecule has 0 aromatic heterocycles. The Kier molecular flexibility index (Phi) is 5.24. The van der Waals surface area contributed by atoms with Gasteiger partial charge in [-0.2, -0.15) is 0 Å². The molecule has 1 aromatic carbocycles. The molecule has 0 amide bonds. The van der Waals surface area contributed by atoms with Gasteiger partial charge in [-0.05, 0) is 54.4 Å². The predicted octanol–water partition coefficient (Wildman–Crippen LogP) is 5.91. The van der Waals surface area contributed by atoms with E-state index in [1.54, 1.807) is 11.1 Å². The highest BCUT2D eigenvalue weighted by Gasteiger charge is 2.16. The normalized spacial score (nSPS) is 18.6. The number of benzene rings is 1. The van der Waals surface area contributed by atoms with Crippen LogP contribution in [0.4, 0.5) is 0 Å². The molecule has 1 heteroatoms. The van der Waals surface area contributed by atoms with Crippen molar-refractivity contribution < 1.29 is 0 Å². The molecule has 0 aliphatic heterocycles. The first-order valence-electron chi connectivity index (χ1n) is 8.02. The van der Waals surface area contributed by atoms with Gasteiger partial charge < -0.3 is 0 Å². The third kappa shape index (κ3) is 3.57. The fraction of sp³-hybridized carbons (Fsp3) is 0.238. The van der Waals surface area contributed by atoms with Crippen molar-refractivity contribution in [3.63, 3.8) is 0 Å². The number of hydrogen-bond donors (Lipinski definition) is 0. The summed E-state index contributed by atoms with van der Waals surface area (Å²) >= 11 is 0. The minimum absolute atomic E-state index is 0.982. The average molecular weight is 306 g/mol. The molecule has 1 unspecified atom stereocenters. The lowest BCUT2D eigenvalue weighted by Crippen LogP contribution is -2.03. The van der Waals surface area contributed by atoms with Crippen LogP contribution < -0.4 is 0 Å². The third-order valence-electron chi connectivity index (χ3n) is 4.26. The van der Waals surface area contributed by atoms with Crippen molar-refractivity contribution in [2.24, 2.45) is 0 Å². The fourth-order valence-corrected chi connectivity index (χ4v) is 3.92. The Labute approximate surface area is 135 Å². The van der Waals surface area contributed by atoms with Gasteiger partial charge in [-0.25, -0.2) is 0 Å². The van der Waals surface area contributed by atoms with Gasteiger partial charge in [0.1, 0.15) is 0 Å². The lowest BCUT2D eigenvalue weighted by atomic mass is 9.85. The van der Waals surface area contributed by atoms with E-state index in [2.05, 4.69) is 73.5 Å². The van der Waals surface area contributed by atoms with E-state index in [1.807, 2.05) is 0 Å². The molecule has 0 nitrogen and oxygen atoms in total. The highest BCUT2D eigenvalue weighted by molar-refractivity contribution is 7.37. The smallest absolute Gasteiger partial charge is 0.00547 e. The van der Waals surface area contributed by atoms with Gasteiger partial charge in [0.25, 0.3) is 0 Å². The summed E-state index contributed by atoms with van der Waals surface area (Å²) in [5.74, 6) is 0. The molecule has 0 fully saturated rings. The van der Waals surface area contributed by atoms with Crippen molar-refractivity contribution in [2.75, 3.05) is 12.8 Å². The molecule has 2 aliphatic carbocycles. The molecule has 0 N–H and O–H groups in total. The standard InChI is InChI=1S/C21H23P/c1-22-16-20-15-19(17-9-5-2-3-6-10-17)13-14-21(20)18-11-7-4-8-12-18/h2-5,7-13,22H,6,14-16H2,1H3. The Morgan fingerprint density at radius 1 is 1.05 bits per heavy atom. The second-order valence-electron chi connectivity index (χ2n) is 5.77. The molecule has 22 heavy (non-hydrogen) atoms. The summed E-state index contributed by atoms with van der Waals surface area (Å²) in [5, 5.41) is 0. The summed E-state index contributed by atoms with van der Waals surface area (Å²) in [5.41, 5.74) is 7.51. The molecule has 0 radical (unpaired) electrons. The maximum atomic E-state index is 2.44. The van der Waals surface area contributed by atoms with Crippen molar-refractivity contribution in [1.82, 2.24) is 0 Å². The maximum Gasteiger partial charge on any atom is -0.00547 e. The van der Waals surface area contributed by atoms with Gasteiger partial charge in [-0.1, -0.05) is 72.4 Å². The van der Waals surface area contributed by atoms with E-state index in [0.717, 1.165) is 27.8 Å². The first kappa shape index (κ1) is 15.3. The Hall–Kier alpha value is -1.65. The van der Waals surface area contributed by atoms with E-state index in [9.17, 15) is 0 Å². The number of hydrogen-bond acceptors (Lipinski definition) is 0. The van der Waals surface area contributed by atoms with Gasteiger partial charge in [0.2, 0.25) is 0 Å². The van der Waals surface area contributed by atoms with Gasteiger partial charge in [-0.15, -0.1) is 8.58 Å². The van der Waals surface area contributed by atoms with Crippen molar-refractivity contribution in [1.29, 1.82) is 0 Å². The van der Waals surface area contributed by atoms with Crippen LogP contribution in [0.1, 0.15) is 24.8 Å². The van der Waals surface area contributed by atoms with Crippen LogP contribution in [-0.2, 0) is 0 Å². The van der Waals surface area contributed by atoms with Crippen molar-refractivity contribution in [3.8, 4) is 0 Å². The van der Waals surface area contributed by atoms with Crippen LogP contribution in [0.25, 0.3) is 5.57 Å². The SMILES string of the molecule is CPCC1=C(c2ccccc2)CC=C(C2=CCC=CC=C2)C1. The molecule has 0 heterocycles. The lowest BCUT2D eigenvalue weighted by Gasteiger charge is -2.22. The van der Waals surface area contributed by atoms with Crippen molar-refractivity contribution in [2.45, 2.75) is 19.3 Å². The first-order valence-corrected chi connectivity index (χ1v) is 9.73. The minimum atomic E-state index is 0.982. The molecular weight excluding hydrogens is 283 g/mol. The molecule has 0 spiro atoms. The maximum absolute atomic E-state index is 2.44. The second-order valence-corrected chi connectivity index (χ2v) is 6.83. The Morgan fingerprint density at radius 2 is 1.91 bits per heavy atom. The van der Waals surface area contributed by atoms with Gasteiger partial charge in [0.15, 0.2) is 0 Å². The summed E-state index contributed by atoms with van der Waals surface area (Å²) < 4.78 is 0. The van der Waals surface area contributed by atoms with Crippen LogP contribution in [-0.4, -0.2) is 12.8 Å². The van der Waals surface area contributed by atoms with Gasteiger partial charge in [0, 0.05) is 0 Å². The quantitative estimate of drug-likeness (QED) is 0.606. The molecule has 2 aliphatic rings. The summed E-state index contributed by atoms with van der Waals surface area (Å²) in [6.07, 6.45) is 18.0. The summed E-state index contributed by atoms with van der Waals surface area (Å²) in [7, 11) is 0.982. The summed E-state index contributed by atoms with van der Waals surface area (Å²) in [6, 6.07) is 10.9. The van der Waals surface area contributed by atoms with Gasteiger partial charge >= 0.3 is 0 Å². The van der Waals surface area contributed by atoms with Gasteiger partial charge in [0.05, 0.1) is 0 Å². The molecule has 112 valence electrons. The zero-order valence-corrected chi connectivity index (χ0v) is 14.2. The molecular formula is C21H23P. The fourth-order valence-electron chi connectivity index (χ4n) is 3.16. The van der Waals surface area contributed by atoms with Crippen LogP contribution in [0.2, 0.25) is 0 Å². The highest BCUT2D eigenvalue weighted by Crippen LogP contribution is 2.37. The van der Waals surface area contributed by atoms with Crippen LogP contribution >= 0.6 is 8.58 Å². The molecule has 0 saturated carbocycles. The largest absolute Gasteiger partial charge is 0.121 e. The molecule has 1 aromatic rings. The van der Waals surface area contributed by atoms with E-state index in [-0.39, 0.29) is 0 Å². The van der Waals surface area contributed by atoms with Crippen LogP contribution in [0.3, 0.4) is 0 Å². The van der Waals surface area contributed by atoms with E-state index in [1.165, 1.54) is 22.9 Å². The van der Waals surface area contributed by atoms with E-state index in [0.29, 0.717) is 0 Å². The van der Waals surface area contributed by atoms with Crippen molar-refractivity contribution >= 4 is 14.2 Å². The Bertz CT molecular complexity index is 669. The number of rotatable bonds is 4. The molecule has 0 saturated heterocycles. The lowest BCUT2D eigenvalue weighted by molar-refractivity contribution is 1.06. The summed E-state index contributed by atoms with van der Waals surface area (Å²) in [6.45, 7) is 2.31. The minimum Gasteiger partial charge on any atom is -0.121 e. The second kappa shape index (κ2) is 7.56. The Balaban J connectivity index is 1.87. The van der Waals surface area contributed by atoms with Crippen LogP contribution in [0.5, 0.6) is 0 Å². The summed E-state index contributed by atoms with van der Waals surface area (Å²) in [4.78, 5) is 0. The Morgan fingerprint density at radius 3 is 2.73 bits per heavy atom.